The van der Waals surface area contributed by atoms with E-state index in [4.69, 9.17) is 9.15 Å². The SMILES string of the molecule is Cc1ccc(-c2nnc([C@H](C)OC(=O)CCCc3nc4ccccc4c(=O)[nH]3)o2)cc1. The van der Waals surface area contributed by atoms with Crippen LogP contribution < -0.4 is 5.56 Å². The highest BCUT2D eigenvalue weighted by Gasteiger charge is 2.19. The van der Waals surface area contributed by atoms with Gasteiger partial charge < -0.3 is 14.1 Å². The van der Waals surface area contributed by atoms with Gasteiger partial charge in [-0.1, -0.05) is 29.8 Å². The van der Waals surface area contributed by atoms with E-state index in [1.807, 2.05) is 37.3 Å². The lowest BCUT2D eigenvalue weighted by molar-refractivity contribution is -0.149. The lowest BCUT2D eigenvalue weighted by Crippen LogP contribution is -2.13. The van der Waals surface area contributed by atoms with Crippen molar-refractivity contribution in [2.75, 3.05) is 0 Å². The van der Waals surface area contributed by atoms with Gasteiger partial charge in [0.1, 0.15) is 5.82 Å². The minimum Gasteiger partial charge on any atom is -0.453 e. The monoisotopic (exact) mass is 418 g/mol. The van der Waals surface area contributed by atoms with E-state index in [-0.39, 0.29) is 23.8 Å². The molecule has 4 aromatic rings. The molecule has 0 unspecified atom stereocenters. The summed E-state index contributed by atoms with van der Waals surface area (Å²) in [4.78, 5) is 31.5. The first kappa shape index (κ1) is 20.5. The van der Waals surface area contributed by atoms with Gasteiger partial charge in [-0.05, 0) is 44.5 Å². The Kier molecular flexibility index (Phi) is 5.88. The molecule has 0 saturated heterocycles. The Balaban J connectivity index is 1.31. The summed E-state index contributed by atoms with van der Waals surface area (Å²) in [7, 11) is 0. The van der Waals surface area contributed by atoms with Crippen molar-refractivity contribution in [2.45, 2.75) is 39.2 Å². The summed E-state index contributed by atoms with van der Waals surface area (Å²) < 4.78 is 11.1. The van der Waals surface area contributed by atoms with Gasteiger partial charge in [-0.15, -0.1) is 10.2 Å². The van der Waals surface area contributed by atoms with Gasteiger partial charge >= 0.3 is 5.97 Å². The van der Waals surface area contributed by atoms with Crippen LogP contribution in [0.5, 0.6) is 0 Å². The molecule has 0 fully saturated rings. The maximum Gasteiger partial charge on any atom is 0.306 e. The number of hydrogen-bond donors (Lipinski definition) is 1. The number of aromatic amines is 1. The maximum atomic E-state index is 12.2. The zero-order valence-electron chi connectivity index (χ0n) is 17.3. The van der Waals surface area contributed by atoms with Gasteiger partial charge in [0.15, 0.2) is 6.10 Å². The van der Waals surface area contributed by atoms with E-state index in [0.717, 1.165) is 11.1 Å². The number of nitrogens with one attached hydrogen (secondary N) is 1. The average molecular weight is 418 g/mol. The summed E-state index contributed by atoms with van der Waals surface area (Å²) >= 11 is 0. The smallest absolute Gasteiger partial charge is 0.306 e. The Bertz CT molecular complexity index is 1260. The number of esters is 1. The Morgan fingerprint density at radius 3 is 2.71 bits per heavy atom. The number of benzene rings is 2. The van der Waals surface area contributed by atoms with Crippen LogP contribution in [0, 0.1) is 6.92 Å². The van der Waals surface area contributed by atoms with Gasteiger partial charge in [0.05, 0.1) is 10.9 Å². The van der Waals surface area contributed by atoms with Gasteiger partial charge in [-0.2, -0.15) is 0 Å². The number of nitrogens with zero attached hydrogens (tertiary/aromatic N) is 3. The lowest BCUT2D eigenvalue weighted by Gasteiger charge is -2.09. The first-order valence-electron chi connectivity index (χ1n) is 10.1. The molecular formula is C23H22N4O4. The molecule has 8 heteroatoms. The number of para-hydroxylation sites is 1. The summed E-state index contributed by atoms with van der Waals surface area (Å²) in [6.45, 7) is 3.69. The van der Waals surface area contributed by atoms with Crippen LogP contribution in [0.2, 0.25) is 0 Å². The van der Waals surface area contributed by atoms with Gasteiger partial charge in [0, 0.05) is 18.4 Å². The van der Waals surface area contributed by atoms with Crippen LogP contribution in [0.4, 0.5) is 0 Å². The third-order valence-corrected chi connectivity index (χ3v) is 4.85. The highest BCUT2D eigenvalue weighted by molar-refractivity contribution is 5.77. The third-order valence-electron chi connectivity index (χ3n) is 4.85. The van der Waals surface area contributed by atoms with Crippen LogP contribution in [0.25, 0.3) is 22.4 Å². The Hall–Kier alpha value is -3.81. The molecule has 1 N–H and O–H groups in total. The number of carbonyl (C=O) groups excluding carboxylic acids is 1. The molecule has 0 aliphatic rings. The average Bonchev–Trinajstić information content (AvgIpc) is 3.25. The summed E-state index contributed by atoms with van der Waals surface area (Å²) in [5, 5.41) is 8.57. The largest absolute Gasteiger partial charge is 0.453 e. The molecular weight excluding hydrogens is 396 g/mol. The zero-order valence-corrected chi connectivity index (χ0v) is 17.3. The fourth-order valence-corrected chi connectivity index (χ4v) is 3.17. The number of aromatic nitrogens is 4. The summed E-state index contributed by atoms with van der Waals surface area (Å²) in [6, 6.07) is 14.9. The van der Waals surface area contributed by atoms with Crippen molar-refractivity contribution < 1.29 is 13.9 Å². The molecule has 0 spiro atoms. The molecule has 158 valence electrons. The van der Waals surface area contributed by atoms with Crippen LogP contribution in [0.3, 0.4) is 0 Å². The van der Waals surface area contributed by atoms with Crippen molar-refractivity contribution in [3.8, 4) is 11.5 Å². The van der Waals surface area contributed by atoms with Crippen molar-refractivity contribution in [2.24, 2.45) is 0 Å². The Morgan fingerprint density at radius 2 is 1.90 bits per heavy atom. The number of fused-ring (bicyclic) bond motifs is 1. The Morgan fingerprint density at radius 1 is 1.13 bits per heavy atom. The van der Waals surface area contributed by atoms with Crippen LogP contribution in [-0.2, 0) is 16.0 Å². The highest BCUT2D eigenvalue weighted by atomic mass is 16.6. The fourth-order valence-electron chi connectivity index (χ4n) is 3.17. The summed E-state index contributed by atoms with van der Waals surface area (Å²) in [5.41, 5.74) is 2.39. The topological polar surface area (TPSA) is 111 Å². The number of carbonyl (C=O) groups is 1. The predicted molar refractivity (Wildman–Crippen MR) is 114 cm³/mol. The minimum atomic E-state index is -0.655. The zero-order chi connectivity index (χ0) is 21.8. The number of H-pyrrole nitrogens is 1. The molecule has 0 amide bonds. The molecule has 0 aliphatic heterocycles. The molecule has 0 aliphatic carbocycles. The highest BCUT2D eigenvalue weighted by Crippen LogP contribution is 2.23. The summed E-state index contributed by atoms with van der Waals surface area (Å²) in [5.74, 6) is 0.781. The maximum absolute atomic E-state index is 12.2. The molecule has 0 radical (unpaired) electrons. The number of hydrogen-bond acceptors (Lipinski definition) is 7. The molecule has 2 aromatic heterocycles. The van der Waals surface area contributed by atoms with Crippen molar-refractivity contribution in [3.05, 3.63) is 76.2 Å². The second-order valence-corrected chi connectivity index (χ2v) is 7.33. The second-order valence-electron chi connectivity index (χ2n) is 7.33. The van der Waals surface area contributed by atoms with Gasteiger partial charge in [-0.3, -0.25) is 9.59 Å². The fraction of sp³-hybridized carbons (Fsp3) is 0.261. The molecule has 1 atom stereocenters. The van der Waals surface area contributed by atoms with E-state index < -0.39 is 6.10 Å². The van der Waals surface area contributed by atoms with E-state index in [0.29, 0.717) is 35.5 Å². The van der Waals surface area contributed by atoms with Crippen LogP contribution in [0.15, 0.2) is 57.7 Å². The predicted octanol–water partition coefficient (Wildman–Crippen LogP) is 3.91. The quantitative estimate of drug-likeness (QED) is 0.453. The van der Waals surface area contributed by atoms with Gasteiger partial charge in [-0.25, -0.2) is 4.98 Å². The Labute approximate surface area is 178 Å². The minimum absolute atomic E-state index is 0.180. The third kappa shape index (κ3) is 4.85. The van der Waals surface area contributed by atoms with Crippen molar-refractivity contribution >= 4 is 16.9 Å². The molecule has 2 heterocycles. The number of rotatable bonds is 7. The van der Waals surface area contributed by atoms with Crippen molar-refractivity contribution in [3.63, 3.8) is 0 Å². The van der Waals surface area contributed by atoms with Gasteiger partial charge in [0.2, 0.25) is 5.89 Å². The van der Waals surface area contributed by atoms with Crippen molar-refractivity contribution in [1.29, 1.82) is 0 Å². The van der Waals surface area contributed by atoms with Crippen molar-refractivity contribution in [1.82, 2.24) is 20.2 Å². The van der Waals surface area contributed by atoms with Crippen LogP contribution >= 0.6 is 0 Å². The molecule has 0 bridgehead atoms. The summed E-state index contributed by atoms with van der Waals surface area (Å²) in [6.07, 6.45) is 0.477. The van der Waals surface area contributed by atoms with Gasteiger partial charge in [0.25, 0.3) is 11.4 Å². The van der Waals surface area contributed by atoms with Crippen LogP contribution in [0.1, 0.15) is 43.1 Å². The van der Waals surface area contributed by atoms with E-state index in [1.54, 1.807) is 25.1 Å². The van der Waals surface area contributed by atoms with Crippen LogP contribution in [-0.4, -0.2) is 26.1 Å². The molecule has 8 nitrogen and oxygen atoms in total. The van der Waals surface area contributed by atoms with E-state index in [2.05, 4.69) is 20.2 Å². The molecule has 4 rings (SSSR count). The molecule has 31 heavy (non-hydrogen) atoms. The first-order valence-corrected chi connectivity index (χ1v) is 10.1. The lowest BCUT2D eigenvalue weighted by atomic mass is 10.1. The standard InChI is InChI=1S/C23H22N4O4/c1-14-10-12-16(13-11-14)23-27-26-22(31-23)15(2)30-20(28)9-5-8-19-24-18-7-4-3-6-17(18)21(29)25-19/h3-4,6-7,10-13,15H,5,8-9H2,1-2H3,(H,24,25,29)/t15-/m0/s1. The first-order chi connectivity index (χ1) is 15.0. The number of ether oxygens (including phenoxy) is 1. The van der Waals surface area contributed by atoms with E-state index >= 15 is 0 Å². The molecule has 0 saturated carbocycles. The molecule has 2 aromatic carbocycles. The van der Waals surface area contributed by atoms with E-state index in [9.17, 15) is 9.59 Å². The van der Waals surface area contributed by atoms with E-state index in [1.165, 1.54) is 0 Å². The normalized spacial score (nSPS) is 12.1. The number of aryl methyl sites for hydroxylation is 2. The second kappa shape index (κ2) is 8.91.